The van der Waals surface area contributed by atoms with Crippen molar-refractivity contribution < 1.29 is 9.22 Å². The van der Waals surface area contributed by atoms with Crippen molar-refractivity contribution in [1.82, 2.24) is 4.98 Å². The van der Waals surface area contributed by atoms with Crippen molar-refractivity contribution in [1.29, 1.82) is 0 Å². The summed E-state index contributed by atoms with van der Waals surface area (Å²) < 4.78 is 6.88. The second kappa shape index (κ2) is 6.90. The molecule has 1 N–H and O–H groups in total. The second-order valence-electron chi connectivity index (χ2n) is 11.0. The lowest BCUT2D eigenvalue weighted by Gasteiger charge is -2.58. The Morgan fingerprint density at radius 3 is 1.39 bits per heavy atom. The van der Waals surface area contributed by atoms with E-state index in [2.05, 4.69) is 84.7 Å². The minimum Gasteiger partial charge on any atom is -0.416 e. The van der Waals surface area contributed by atoms with Crippen LogP contribution in [0.2, 0.25) is 58.9 Å². The molecule has 0 aliphatic heterocycles. The van der Waals surface area contributed by atoms with Gasteiger partial charge in [0.05, 0.1) is 20.9 Å². The summed E-state index contributed by atoms with van der Waals surface area (Å²) in [6.45, 7) is 30.0. The van der Waals surface area contributed by atoms with Crippen molar-refractivity contribution in [2.45, 2.75) is 92.3 Å². The molecule has 0 aromatic carbocycles. The smallest absolute Gasteiger partial charge is 0.208 e. The Morgan fingerprint density at radius 1 is 0.870 bits per heavy atom. The minimum atomic E-state index is -2.15. The van der Waals surface area contributed by atoms with E-state index in [9.17, 15) is 4.79 Å². The van der Waals surface area contributed by atoms with Crippen LogP contribution >= 0.6 is 0 Å². The first kappa shape index (κ1) is 23.3. The third-order valence-corrected chi connectivity index (χ3v) is 42.8. The Balaban J connectivity index is 6.61. The van der Waals surface area contributed by atoms with Crippen LogP contribution in [0.15, 0.2) is 0 Å². The molecule has 0 bridgehead atoms. The van der Waals surface area contributed by atoms with Gasteiger partial charge in [0.15, 0.2) is 15.6 Å². The van der Waals surface area contributed by atoms with E-state index >= 15 is 0 Å². The maximum absolute atomic E-state index is 12.3. The molecule has 0 aromatic rings. The van der Waals surface area contributed by atoms with Crippen molar-refractivity contribution >= 4 is 36.7 Å². The van der Waals surface area contributed by atoms with E-state index in [1.807, 2.05) is 0 Å². The highest BCUT2D eigenvalue weighted by atomic mass is 29.6. The third-order valence-electron chi connectivity index (χ3n) is 4.39. The summed E-state index contributed by atoms with van der Waals surface area (Å²) in [5, 5.41) is 0. The number of amides is 1. The molecule has 0 heterocycles. The SMILES string of the molecule is CC(=O)N[Si]([C@H](O[Si](C)(C)C)C(C)(C)C)([Si](C)(C)C)[Si](C)(C)C. The monoisotopic (exact) mass is 391 g/mol. The first-order valence-electron chi connectivity index (χ1n) is 8.72. The molecular weight excluding hydrogens is 351 g/mol. The highest BCUT2D eigenvalue weighted by molar-refractivity contribution is 7.68. The lowest BCUT2D eigenvalue weighted by atomic mass is 9.98. The zero-order valence-electron chi connectivity index (χ0n) is 17.9. The van der Waals surface area contributed by atoms with Gasteiger partial charge in [-0.2, -0.15) is 0 Å². The van der Waals surface area contributed by atoms with Crippen LogP contribution in [0.25, 0.3) is 0 Å². The third kappa shape index (κ3) is 5.66. The summed E-state index contributed by atoms with van der Waals surface area (Å²) in [5.41, 5.74) is 0.221. The predicted molar refractivity (Wildman–Crippen MR) is 114 cm³/mol. The van der Waals surface area contributed by atoms with Gasteiger partial charge in [0, 0.05) is 6.92 Å². The summed E-state index contributed by atoms with van der Waals surface area (Å²) in [5.74, 6) is 0.134. The Hall–Kier alpha value is 0.298. The van der Waals surface area contributed by atoms with Crippen LogP contribution in [-0.2, 0) is 9.22 Å². The van der Waals surface area contributed by atoms with Crippen LogP contribution in [-0.4, -0.2) is 42.4 Å². The number of hydrogen-bond acceptors (Lipinski definition) is 2. The molecule has 23 heavy (non-hydrogen) atoms. The van der Waals surface area contributed by atoms with Gasteiger partial charge in [-0.15, -0.1) is 0 Å². The van der Waals surface area contributed by atoms with Crippen LogP contribution < -0.4 is 4.98 Å². The molecule has 1 atom stereocenters. The standard InChI is InChI=1S/C16H41NO2Si4/c1-14(18)17-23(21(8,9)10,22(11,12)13)15(16(2,3)4)19-20(5,6)7/h15H,1-13H3,(H,17,18)/t15-/m0/s1. The van der Waals surface area contributed by atoms with E-state index in [4.69, 9.17) is 4.43 Å². The molecule has 0 aromatic heterocycles. The van der Waals surface area contributed by atoms with Crippen LogP contribution in [0.5, 0.6) is 0 Å². The van der Waals surface area contributed by atoms with Gasteiger partial charge in [0.2, 0.25) is 5.91 Å². The summed E-state index contributed by atoms with van der Waals surface area (Å²) in [6.07, 6.45) is 0. The van der Waals surface area contributed by atoms with Crippen LogP contribution in [0, 0.1) is 5.41 Å². The van der Waals surface area contributed by atoms with E-state index in [0.29, 0.717) is 0 Å². The van der Waals surface area contributed by atoms with Gasteiger partial charge in [-0.25, -0.2) is 0 Å². The lowest BCUT2D eigenvalue weighted by Crippen LogP contribution is -2.88. The van der Waals surface area contributed by atoms with Gasteiger partial charge in [-0.1, -0.05) is 60.1 Å². The van der Waals surface area contributed by atoms with E-state index < -0.39 is 30.8 Å². The van der Waals surface area contributed by atoms with Crippen molar-refractivity contribution in [3.63, 3.8) is 0 Å². The van der Waals surface area contributed by atoms with E-state index in [-0.39, 0.29) is 17.0 Å². The van der Waals surface area contributed by atoms with Gasteiger partial charge in [-0.05, 0) is 25.1 Å². The van der Waals surface area contributed by atoms with Crippen LogP contribution in [0.1, 0.15) is 27.7 Å². The Kier molecular flexibility index (Phi) is 6.98. The average molecular weight is 392 g/mol. The van der Waals surface area contributed by atoms with Crippen LogP contribution in [0.3, 0.4) is 0 Å². The predicted octanol–water partition coefficient (Wildman–Crippen LogP) is 4.71. The highest BCUT2D eigenvalue weighted by Crippen LogP contribution is 2.40. The van der Waals surface area contributed by atoms with Gasteiger partial charge < -0.3 is 9.41 Å². The molecule has 0 saturated carbocycles. The van der Waals surface area contributed by atoms with Crippen molar-refractivity contribution in [2.75, 3.05) is 0 Å². The molecule has 0 saturated heterocycles. The molecule has 0 unspecified atom stereocenters. The number of nitrogens with one attached hydrogen (secondary N) is 1. The molecule has 0 fully saturated rings. The second-order valence-corrected chi connectivity index (χ2v) is 42.0. The molecule has 0 aliphatic carbocycles. The van der Waals surface area contributed by atoms with Gasteiger partial charge in [0.25, 0.3) is 0 Å². The molecule has 0 radical (unpaired) electrons. The quantitative estimate of drug-likeness (QED) is 0.666. The zero-order valence-corrected chi connectivity index (χ0v) is 21.9. The molecule has 0 spiro atoms. The zero-order chi connectivity index (χ0) is 19.1. The summed E-state index contributed by atoms with van der Waals surface area (Å²) in [7, 11) is -7.15. The van der Waals surface area contributed by atoms with E-state index in [0.717, 1.165) is 0 Å². The molecule has 7 heteroatoms. The van der Waals surface area contributed by atoms with E-state index in [1.165, 1.54) is 0 Å². The normalized spacial score (nSPS) is 16.2. The highest BCUT2D eigenvalue weighted by Gasteiger charge is 2.64. The first-order chi connectivity index (χ1) is 9.76. The molecule has 0 aliphatic rings. The lowest BCUT2D eigenvalue weighted by molar-refractivity contribution is -0.117. The van der Waals surface area contributed by atoms with Crippen LogP contribution in [0.4, 0.5) is 0 Å². The average Bonchev–Trinajstić information content (AvgIpc) is 2.15. The Labute approximate surface area is 148 Å². The largest absolute Gasteiger partial charge is 0.416 e. The molecule has 3 nitrogen and oxygen atoms in total. The number of carbonyl (C=O) groups is 1. The Morgan fingerprint density at radius 2 is 1.22 bits per heavy atom. The fourth-order valence-electron chi connectivity index (χ4n) is 3.90. The van der Waals surface area contributed by atoms with Gasteiger partial charge >= 0.3 is 0 Å². The summed E-state index contributed by atoms with van der Waals surface area (Å²) in [6, 6.07) is 0. The molecule has 1 amide bonds. The molecular formula is C16H41NO2Si4. The fourth-order valence-corrected chi connectivity index (χ4v) is 52.0. The summed E-state index contributed by atoms with van der Waals surface area (Å²) in [4.78, 5) is 15.9. The molecule has 0 rings (SSSR count). The van der Waals surface area contributed by atoms with Crippen molar-refractivity contribution in [2.24, 2.45) is 5.41 Å². The number of hydrogen-bond donors (Lipinski definition) is 1. The first-order valence-corrected chi connectivity index (χ1v) is 23.2. The summed E-state index contributed by atoms with van der Waals surface area (Å²) >= 11 is 0. The van der Waals surface area contributed by atoms with Crippen molar-refractivity contribution in [3.8, 4) is 0 Å². The topological polar surface area (TPSA) is 38.3 Å². The Bertz CT molecular complexity index is 411. The van der Waals surface area contributed by atoms with Gasteiger partial charge in [0.1, 0.15) is 0 Å². The maximum Gasteiger partial charge on any atom is 0.208 e. The molecule has 138 valence electrons. The number of rotatable bonds is 6. The maximum atomic E-state index is 12.3. The van der Waals surface area contributed by atoms with Crippen molar-refractivity contribution in [3.05, 3.63) is 0 Å². The fraction of sp³-hybridized carbons (Fsp3) is 0.938. The number of carbonyl (C=O) groups excluding carboxylic acids is 1. The van der Waals surface area contributed by atoms with E-state index in [1.54, 1.807) is 6.92 Å². The minimum absolute atomic E-state index is 0.0372. The van der Waals surface area contributed by atoms with Gasteiger partial charge in [-0.3, -0.25) is 4.79 Å².